The van der Waals surface area contributed by atoms with E-state index in [9.17, 15) is 5.11 Å². The minimum atomic E-state index is -0.00907. The number of hydrogen-bond acceptors (Lipinski definition) is 3. The molecular weight excluding hydrogens is 264 g/mol. The first-order valence-electron chi connectivity index (χ1n) is 7.38. The highest BCUT2D eigenvalue weighted by Crippen LogP contribution is 2.14. The van der Waals surface area contributed by atoms with Crippen LogP contribution in [-0.4, -0.2) is 24.9 Å². The van der Waals surface area contributed by atoms with E-state index in [1.165, 1.54) is 0 Å². The lowest BCUT2D eigenvalue weighted by atomic mass is 10.1. The Balaban J connectivity index is 2.54. The number of hydrogen-bond donors (Lipinski definition) is 1. The lowest BCUT2D eigenvalue weighted by Gasteiger charge is -2.14. The van der Waals surface area contributed by atoms with Crippen LogP contribution in [0.15, 0.2) is 49.1 Å². The van der Waals surface area contributed by atoms with Crippen LogP contribution in [0.5, 0.6) is 5.75 Å². The summed E-state index contributed by atoms with van der Waals surface area (Å²) in [6, 6.07) is 7.85. The van der Waals surface area contributed by atoms with Crippen LogP contribution in [0.1, 0.15) is 25.3 Å². The molecule has 3 nitrogen and oxygen atoms in total. The Morgan fingerprint density at radius 1 is 1.24 bits per heavy atom. The number of aliphatic hydroxyl groups excluding tert-OH is 1. The van der Waals surface area contributed by atoms with E-state index >= 15 is 0 Å². The standard InChI is InChI=1S/C18H26O3/c1-4-6-18(12-7-15(5-2)13-19)21-14-16-8-10-17(20-3)11-9-16/h4,7-12,15,18-19H,1,5-6,13-14H2,2-3H3/b12-7-/t15-,18-/m0/s1. The second-order valence-corrected chi connectivity index (χ2v) is 4.96. The summed E-state index contributed by atoms with van der Waals surface area (Å²) in [5.74, 6) is 1.04. The third kappa shape index (κ3) is 6.61. The van der Waals surface area contributed by atoms with Gasteiger partial charge in [0, 0.05) is 6.61 Å². The highest BCUT2D eigenvalue weighted by molar-refractivity contribution is 5.26. The third-order valence-electron chi connectivity index (χ3n) is 3.38. The first kappa shape index (κ1) is 17.5. The van der Waals surface area contributed by atoms with Gasteiger partial charge in [-0.25, -0.2) is 0 Å². The molecule has 0 aliphatic heterocycles. The summed E-state index contributed by atoms with van der Waals surface area (Å²) >= 11 is 0. The van der Waals surface area contributed by atoms with Crippen LogP contribution in [0.2, 0.25) is 0 Å². The molecule has 1 N–H and O–H groups in total. The number of aliphatic hydroxyl groups is 1. The van der Waals surface area contributed by atoms with Crippen LogP contribution in [0.25, 0.3) is 0 Å². The summed E-state index contributed by atoms with van der Waals surface area (Å²) in [7, 11) is 1.65. The maximum absolute atomic E-state index is 9.20. The van der Waals surface area contributed by atoms with E-state index in [-0.39, 0.29) is 18.6 Å². The summed E-state index contributed by atoms with van der Waals surface area (Å²) < 4.78 is 11.0. The predicted octanol–water partition coefficient (Wildman–Crippen LogP) is 3.73. The first-order chi connectivity index (χ1) is 10.2. The second-order valence-electron chi connectivity index (χ2n) is 4.96. The number of benzene rings is 1. The lowest BCUT2D eigenvalue weighted by molar-refractivity contribution is 0.0734. The van der Waals surface area contributed by atoms with Crippen LogP contribution in [0, 0.1) is 5.92 Å². The van der Waals surface area contributed by atoms with Crippen molar-refractivity contribution in [1.82, 2.24) is 0 Å². The minimum absolute atomic E-state index is 0.00907. The highest BCUT2D eigenvalue weighted by atomic mass is 16.5. The van der Waals surface area contributed by atoms with Gasteiger partial charge in [0.15, 0.2) is 0 Å². The van der Waals surface area contributed by atoms with Crippen molar-refractivity contribution in [1.29, 1.82) is 0 Å². The molecule has 0 bridgehead atoms. The molecule has 0 aromatic heterocycles. The molecule has 0 saturated heterocycles. The van der Waals surface area contributed by atoms with Gasteiger partial charge >= 0.3 is 0 Å². The Bertz CT molecular complexity index is 419. The van der Waals surface area contributed by atoms with E-state index in [0.29, 0.717) is 6.61 Å². The molecule has 0 aliphatic carbocycles. The van der Waals surface area contributed by atoms with E-state index in [4.69, 9.17) is 9.47 Å². The Morgan fingerprint density at radius 2 is 1.95 bits per heavy atom. The summed E-state index contributed by atoms with van der Waals surface area (Å²) in [6.07, 6.45) is 7.58. The van der Waals surface area contributed by atoms with Gasteiger partial charge in [0.05, 0.1) is 19.8 Å². The van der Waals surface area contributed by atoms with Crippen LogP contribution < -0.4 is 4.74 Å². The van der Waals surface area contributed by atoms with E-state index in [1.807, 2.05) is 42.5 Å². The van der Waals surface area contributed by atoms with Gasteiger partial charge in [-0.05, 0) is 36.5 Å². The molecule has 1 rings (SSSR count). The van der Waals surface area contributed by atoms with E-state index < -0.39 is 0 Å². The van der Waals surface area contributed by atoms with Gasteiger partial charge in [-0.1, -0.05) is 37.3 Å². The van der Waals surface area contributed by atoms with Crippen LogP contribution in [0.3, 0.4) is 0 Å². The molecule has 0 spiro atoms. The van der Waals surface area contributed by atoms with Crippen molar-refractivity contribution in [3.05, 3.63) is 54.6 Å². The van der Waals surface area contributed by atoms with Crippen molar-refractivity contribution in [2.45, 2.75) is 32.5 Å². The largest absolute Gasteiger partial charge is 0.497 e. The van der Waals surface area contributed by atoms with Crippen molar-refractivity contribution in [2.24, 2.45) is 5.92 Å². The van der Waals surface area contributed by atoms with Gasteiger partial charge in [-0.15, -0.1) is 6.58 Å². The summed E-state index contributed by atoms with van der Waals surface area (Å²) in [5.41, 5.74) is 1.10. The van der Waals surface area contributed by atoms with Crippen molar-refractivity contribution >= 4 is 0 Å². The molecule has 0 unspecified atom stereocenters. The van der Waals surface area contributed by atoms with Crippen LogP contribution >= 0.6 is 0 Å². The average molecular weight is 290 g/mol. The van der Waals surface area contributed by atoms with Crippen LogP contribution in [-0.2, 0) is 11.3 Å². The Labute approximate surface area is 127 Å². The fraction of sp³-hybridized carbons (Fsp3) is 0.444. The average Bonchev–Trinajstić information content (AvgIpc) is 2.53. The molecule has 116 valence electrons. The van der Waals surface area contributed by atoms with Gasteiger partial charge in [0.1, 0.15) is 5.75 Å². The zero-order valence-corrected chi connectivity index (χ0v) is 13.0. The fourth-order valence-electron chi connectivity index (χ4n) is 1.90. The quantitative estimate of drug-likeness (QED) is 0.667. The fourth-order valence-corrected chi connectivity index (χ4v) is 1.90. The SMILES string of the molecule is C=CC[C@@H](/C=C\[C@H](CC)CO)OCc1ccc(OC)cc1. The number of methoxy groups -OCH3 is 1. The summed E-state index contributed by atoms with van der Waals surface area (Å²) in [5, 5.41) is 9.20. The maximum atomic E-state index is 9.20. The lowest BCUT2D eigenvalue weighted by Crippen LogP contribution is -2.10. The van der Waals surface area contributed by atoms with E-state index in [0.717, 1.165) is 24.2 Å². The smallest absolute Gasteiger partial charge is 0.118 e. The summed E-state index contributed by atoms with van der Waals surface area (Å²) in [4.78, 5) is 0. The molecule has 0 aliphatic rings. The number of ether oxygens (including phenoxy) is 2. The molecule has 0 heterocycles. The van der Waals surface area contributed by atoms with Crippen molar-refractivity contribution in [3.63, 3.8) is 0 Å². The molecule has 1 aromatic rings. The molecule has 0 amide bonds. The molecular formula is C18H26O3. The molecule has 2 atom stereocenters. The predicted molar refractivity (Wildman–Crippen MR) is 86.4 cm³/mol. The van der Waals surface area contributed by atoms with Gasteiger partial charge in [0.2, 0.25) is 0 Å². The van der Waals surface area contributed by atoms with E-state index in [2.05, 4.69) is 13.5 Å². The van der Waals surface area contributed by atoms with Gasteiger partial charge in [-0.2, -0.15) is 0 Å². The van der Waals surface area contributed by atoms with Gasteiger partial charge in [0.25, 0.3) is 0 Å². The Kier molecular flexibility index (Phi) is 8.48. The molecule has 3 heteroatoms. The van der Waals surface area contributed by atoms with E-state index in [1.54, 1.807) is 7.11 Å². The zero-order chi connectivity index (χ0) is 15.5. The summed E-state index contributed by atoms with van der Waals surface area (Å²) in [6.45, 7) is 6.54. The normalized spacial score (nSPS) is 14.0. The highest BCUT2D eigenvalue weighted by Gasteiger charge is 2.06. The molecule has 0 saturated carbocycles. The Hall–Kier alpha value is -1.58. The molecule has 1 aromatic carbocycles. The van der Waals surface area contributed by atoms with Crippen LogP contribution in [0.4, 0.5) is 0 Å². The Morgan fingerprint density at radius 3 is 2.48 bits per heavy atom. The monoisotopic (exact) mass is 290 g/mol. The topological polar surface area (TPSA) is 38.7 Å². The third-order valence-corrected chi connectivity index (χ3v) is 3.38. The zero-order valence-electron chi connectivity index (χ0n) is 13.0. The molecule has 21 heavy (non-hydrogen) atoms. The number of rotatable bonds is 10. The first-order valence-corrected chi connectivity index (χ1v) is 7.38. The maximum Gasteiger partial charge on any atom is 0.118 e. The molecule has 0 radical (unpaired) electrons. The molecule has 0 fully saturated rings. The second kappa shape index (κ2) is 10.2. The van der Waals surface area contributed by atoms with Gasteiger partial charge in [-0.3, -0.25) is 0 Å². The van der Waals surface area contributed by atoms with Crippen molar-refractivity contribution < 1.29 is 14.6 Å². The van der Waals surface area contributed by atoms with Crippen molar-refractivity contribution in [2.75, 3.05) is 13.7 Å². The van der Waals surface area contributed by atoms with Crippen molar-refractivity contribution in [3.8, 4) is 5.75 Å². The minimum Gasteiger partial charge on any atom is -0.497 e. The van der Waals surface area contributed by atoms with Gasteiger partial charge < -0.3 is 14.6 Å².